The molecule has 0 saturated heterocycles. The molecule has 0 atom stereocenters. The van der Waals surface area contributed by atoms with Crippen LogP contribution in [0.1, 0.15) is 31.8 Å². The Morgan fingerprint density at radius 3 is 2.26 bits per heavy atom. The average molecular weight is 660 g/mol. The quantitative estimate of drug-likeness (QED) is 0.175. The largest absolute Gasteiger partial charge is 0.304 e. The molecule has 6 rings (SSSR count). The van der Waals surface area contributed by atoms with Crippen LogP contribution in [0, 0.1) is 32.7 Å². The third-order valence-electron chi connectivity index (χ3n) is 5.06. The van der Waals surface area contributed by atoms with E-state index in [4.69, 9.17) is 15.1 Å². The van der Waals surface area contributed by atoms with Crippen LogP contribution in [0.2, 0.25) is 0 Å². The van der Waals surface area contributed by atoms with Crippen LogP contribution in [0.4, 0.5) is 0 Å². The third kappa shape index (κ3) is 5.74. The van der Waals surface area contributed by atoms with E-state index < -0.39 is 20.6 Å². The van der Waals surface area contributed by atoms with Gasteiger partial charge in [-0.15, -0.1) is 59.2 Å². The zero-order valence-electron chi connectivity index (χ0n) is 29.1. The summed E-state index contributed by atoms with van der Waals surface area (Å²) in [6, 6.07) is 24.9. The van der Waals surface area contributed by atoms with Gasteiger partial charge in [0.15, 0.2) is 0 Å². The van der Waals surface area contributed by atoms with Crippen molar-refractivity contribution in [2.75, 3.05) is 0 Å². The molecule has 0 unspecified atom stereocenters. The normalized spacial score (nSPS) is 16.2. The Kier molecular flexibility index (Phi) is 4.55. The van der Waals surface area contributed by atoms with E-state index >= 15 is 0 Å². The van der Waals surface area contributed by atoms with Gasteiger partial charge in [-0.1, -0.05) is 54.7 Å². The molecule has 0 N–H and O–H groups in total. The van der Waals surface area contributed by atoms with Crippen molar-refractivity contribution in [1.82, 2.24) is 9.97 Å². The van der Waals surface area contributed by atoms with Gasteiger partial charge in [0.2, 0.25) is 0 Å². The summed E-state index contributed by atoms with van der Waals surface area (Å²) in [5.74, 6) is 0. The maximum atomic E-state index is 8.15. The standard InChI is InChI=1S/C18H12NS.C13H12N.Ir/c1-12-6-9-16(19-11-12)13-7-8-15-14-4-2-3-5-17(14)20-18(15)10-13;1-10-3-6-12(7-4-10)13-8-5-11(2)9-14-13;/h2-6,8-11H,1H3;3-6,8-9H,1-2H3;/q2*-1;/i1D3,6D,9D;1D3,2D3;. The first-order chi connectivity index (χ1) is 21.0. The fourth-order valence-corrected chi connectivity index (χ4v) is 4.52. The number of thiophene rings is 1. The number of benzene rings is 3. The van der Waals surface area contributed by atoms with E-state index in [-0.39, 0.29) is 54.6 Å². The van der Waals surface area contributed by atoms with Crippen molar-refractivity contribution in [3.63, 3.8) is 0 Å². The predicted octanol–water partition coefficient (Wildman–Crippen LogP) is 8.39. The first-order valence-electron chi connectivity index (χ1n) is 15.8. The van der Waals surface area contributed by atoms with Crippen LogP contribution < -0.4 is 0 Å². The third-order valence-corrected chi connectivity index (χ3v) is 6.19. The van der Waals surface area contributed by atoms with E-state index in [0.717, 1.165) is 15.5 Å². The molecular formula is C31H24IrN2S-2. The van der Waals surface area contributed by atoms with Crippen molar-refractivity contribution in [3.05, 3.63) is 120 Å². The molecule has 0 aliphatic heterocycles. The van der Waals surface area contributed by atoms with E-state index in [2.05, 4.69) is 34.2 Å². The summed E-state index contributed by atoms with van der Waals surface area (Å²) in [5.41, 5.74) is 2.21. The van der Waals surface area contributed by atoms with Gasteiger partial charge in [-0.3, -0.25) is 0 Å². The van der Waals surface area contributed by atoms with Gasteiger partial charge >= 0.3 is 0 Å². The fourth-order valence-electron chi connectivity index (χ4n) is 3.39. The van der Waals surface area contributed by atoms with Crippen molar-refractivity contribution in [2.45, 2.75) is 20.6 Å². The summed E-state index contributed by atoms with van der Waals surface area (Å²) < 4.78 is 84.3. The average Bonchev–Trinajstić information content (AvgIpc) is 3.35. The Hall–Kier alpha value is -3.17. The molecule has 3 heterocycles. The predicted molar refractivity (Wildman–Crippen MR) is 144 cm³/mol. The molecule has 0 bridgehead atoms. The second-order valence-corrected chi connectivity index (χ2v) is 8.50. The first kappa shape index (κ1) is 14.4. The maximum absolute atomic E-state index is 8.15. The minimum atomic E-state index is -2.45. The number of rotatable bonds is 2. The van der Waals surface area contributed by atoms with Crippen molar-refractivity contribution in [3.8, 4) is 22.5 Å². The number of aromatic nitrogens is 2. The van der Waals surface area contributed by atoms with Crippen molar-refractivity contribution >= 4 is 31.5 Å². The summed E-state index contributed by atoms with van der Waals surface area (Å²) in [5, 5.41) is 2.24. The molecule has 0 aliphatic rings. The van der Waals surface area contributed by atoms with Gasteiger partial charge in [0.1, 0.15) is 0 Å². The molecule has 0 spiro atoms. The van der Waals surface area contributed by atoms with E-state index in [1.54, 1.807) is 23.5 Å². The summed E-state index contributed by atoms with van der Waals surface area (Å²) in [6.07, 6.45) is 2.47. The smallest absolute Gasteiger partial charge is 0.0618 e. The van der Waals surface area contributed by atoms with Gasteiger partial charge in [-0.05, 0) is 52.4 Å². The molecule has 2 nitrogen and oxygen atoms in total. The number of pyridine rings is 2. The van der Waals surface area contributed by atoms with Crippen LogP contribution in [0.3, 0.4) is 0 Å². The molecule has 3 aromatic carbocycles. The maximum Gasteiger partial charge on any atom is 0.0618 e. The Morgan fingerprint density at radius 2 is 1.49 bits per heavy atom. The summed E-state index contributed by atoms with van der Waals surface area (Å²) in [6.45, 7) is -6.79. The minimum Gasteiger partial charge on any atom is -0.304 e. The molecule has 0 amide bonds. The second kappa shape index (κ2) is 11.0. The number of fused-ring (bicyclic) bond motifs is 3. The van der Waals surface area contributed by atoms with Gasteiger partial charge in [0.05, 0.1) is 2.74 Å². The zero-order chi connectivity index (χ0) is 32.7. The van der Waals surface area contributed by atoms with Crippen LogP contribution in [0.25, 0.3) is 42.7 Å². The summed E-state index contributed by atoms with van der Waals surface area (Å²) in [7, 11) is 0. The SMILES string of the molecule is [2H]C([2H])([2H])c1c[c-]c(-c2ccc(C([2H])([2H])[2H])cn2)cc1.[2H]c1c(C([2H])([2H])[2H])cnc(-c2[c-]cc3c(c2)sc2ccccc23)c1[2H].[Ir]. The van der Waals surface area contributed by atoms with Gasteiger partial charge in [0, 0.05) is 49.5 Å². The van der Waals surface area contributed by atoms with E-state index in [1.165, 1.54) is 35.3 Å². The number of nitrogens with zero attached hydrogens (tertiary/aromatic N) is 2. The number of hydrogen-bond acceptors (Lipinski definition) is 3. The van der Waals surface area contributed by atoms with Gasteiger partial charge < -0.3 is 9.97 Å². The van der Waals surface area contributed by atoms with Crippen molar-refractivity contribution in [2.24, 2.45) is 0 Å². The molecule has 1 radical (unpaired) electrons. The Morgan fingerprint density at radius 1 is 0.714 bits per heavy atom. The molecule has 0 saturated carbocycles. The molecule has 0 aliphatic carbocycles. The van der Waals surface area contributed by atoms with E-state index in [1.807, 2.05) is 24.3 Å². The van der Waals surface area contributed by atoms with Crippen molar-refractivity contribution < 1.29 is 35.2 Å². The van der Waals surface area contributed by atoms with Crippen LogP contribution in [-0.4, -0.2) is 9.97 Å². The van der Waals surface area contributed by atoms with E-state index in [9.17, 15) is 0 Å². The zero-order valence-corrected chi connectivity index (χ0v) is 21.4. The van der Waals surface area contributed by atoms with Gasteiger partial charge in [-0.25, -0.2) is 0 Å². The molecule has 35 heavy (non-hydrogen) atoms. The molecule has 6 aromatic rings. The fraction of sp³-hybridized carbons (Fsp3) is 0.0968. The minimum absolute atomic E-state index is 0. The van der Waals surface area contributed by atoms with Crippen LogP contribution in [0.15, 0.2) is 91.2 Å². The Labute approximate surface area is 239 Å². The number of aryl methyl sites for hydroxylation is 3. The molecule has 3 aromatic heterocycles. The van der Waals surface area contributed by atoms with E-state index in [0.29, 0.717) is 16.8 Å². The summed E-state index contributed by atoms with van der Waals surface area (Å²) >= 11 is 1.64. The second-order valence-electron chi connectivity index (χ2n) is 7.42. The number of hydrogen-bond donors (Lipinski definition) is 0. The molecule has 175 valence electrons. The van der Waals surface area contributed by atoms with Gasteiger partial charge in [0.25, 0.3) is 0 Å². The topological polar surface area (TPSA) is 25.8 Å². The summed E-state index contributed by atoms with van der Waals surface area (Å²) in [4.78, 5) is 8.22. The van der Waals surface area contributed by atoms with Crippen LogP contribution in [-0.2, 0) is 20.1 Å². The van der Waals surface area contributed by atoms with Crippen LogP contribution >= 0.6 is 11.3 Å². The molecule has 0 fully saturated rings. The monoisotopic (exact) mass is 660 g/mol. The first-order valence-corrected chi connectivity index (χ1v) is 11.1. The van der Waals surface area contributed by atoms with Gasteiger partial charge in [-0.2, -0.15) is 11.3 Å². The van der Waals surface area contributed by atoms with Crippen LogP contribution in [0.5, 0.6) is 0 Å². The Balaban J connectivity index is 0.000000210. The molecule has 4 heteroatoms. The molecular weight excluding hydrogens is 625 g/mol. The Bertz CT molecular complexity index is 1930. The van der Waals surface area contributed by atoms with Crippen molar-refractivity contribution in [1.29, 1.82) is 0 Å².